The average Bonchev–Trinajstić information content (AvgIpc) is 3.06. The number of carbonyl (C=O) groups excluding carboxylic acids is 1. The molecule has 4 aromatic rings. The van der Waals surface area contributed by atoms with Crippen molar-refractivity contribution in [2.45, 2.75) is 37.1 Å². The Balaban J connectivity index is 1.43. The first-order valence-corrected chi connectivity index (χ1v) is 14.7. The van der Waals surface area contributed by atoms with Crippen LogP contribution in [0.1, 0.15) is 56.7 Å². The molecule has 3 N–H and O–H groups in total. The van der Waals surface area contributed by atoms with Crippen molar-refractivity contribution in [1.82, 2.24) is 4.98 Å². The number of benzene rings is 3. The Morgan fingerprint density at radius 3 is 2.22 bits per heavy atom. The Morgan fingerprint density at radius 2 is 1.57 bits per heavy atom. The van der Waals surface area contributed by atoms with Gasteiger partial charge in [0.1, 0.15) is 10.6 Å². The number of thioether (sulfide) groups is 1. The Bertz CT molecular complexity index is 1750. The molecule has 0 aliphatic carbocycles. The maximum absolute atomic E-state index is 14.2. The van der Waals surface area contributed by atoms with Crippen molar-refractivity contribution >= 4 is 29.3 Å². The fraction of sp³-hybridized carbons (Fsp3) is 0.219. The Morgan fingerprint density at radius 1 is 0.891 bits per heavy atom. The SMILES string of the molecule is C[C@@H]1[C@H](CSc2ncccc2C(=O)O)O[C@H](c2cccc(NC(=O)c3c(F)c(F)c(F)c(F)c3F)c2)O[C@@H]1c1ccc(CO)cc1. The zero-order valence-electron chi connectivity index (χ0n) is 23.8. The summed E-state index contributed by atoms with van der Waals surface area (Å²) in [6.07, 6.45) is -0.699. The van der Waals surface area contributed by atoms with Crippen LogP contribution >= 0.6 is 11.8 Å². The van der Waals surface area contributed by atoms with E-state index in [1.165, 1.54) is 48.3 Å². The summed E-state index contributed by atoms with van der Waals surface area (Å²) in [5, 5.41) is 21.5. The highest BCUT2D eigenvalue weighted by atomic mass is 32.2. The van der Waals surface area contributed by atoms with Gasteiger partial charge >= 0.3 is 5.97 Å². The number of hydrogen-bond acceptors (Lipinski definition) is 7. The van der Waals surface area contributed by atoms with Crippen LogP contribution in [0.4, 0.5) is 27.6 Å². The molecule has 14 heteroatoms. The molecule has 0 spiro atoms. The molecule has 240 valence electrons. The summed E-state index contributed by atoms with van der Waals surface area (Å²) in [6.45, 7) is 1.73. The number of aromatic nitrogens is 1. The van der Waals surface area contributed by atoms with Crippen molar-refractivity contribution in [3.05, 3.63) is 124 Å². The lowest BCUT2D eigenvalue weighted by atomic mass is 9.91. The number of aromatic carboxylic acids is 1. The second-order valence-corrected chi connectivity index (χ2v) is 11.3. The van der Waals surface area contributed by atoms with Gasteiger partial charge in [-0.05, 0) is 35.4 Å². The van der Waals surface area contributed by atoms with Gasteiger partial charge in [-0.2, -0.15) is 0 Å². The van der Waals surface area contributed by atoms with Gasteiger partial charge < -0.3 is 25.0 Å². The van der Waals surface area contributed by atoms with Crippen molar-refractivity contribution in [3.8, 4) is 0 Å². The molecule has 0 unspecified atom stereocenters. The van der Waals surface area contributed by atoms with Crippen molar-refractivity contribution < 1.29 is 51.2 Å². The van der Waals surface area contributed by atoms with Crippen LogP contribution in [-0.2, 0) is 16.1 Å². The molecule has 1 amide bonds. The van der Waals surface area contributed by atoms with E-state index >= 15 is 0 Å². The van der Waals surface area contributed by atoms with E-state index < -0.39 is 65.0 Å². The zero-order chi connectivity index (χ0) is 33.1. The summed E-state index contributed by atoms with van der Waals surface area (Å²) in [5.74, 6) is -14.1. The van der Waals surface area contributed by atoms with E-state index in [2.05, 4.69) is 10.3 Å². The minimum Gasteiger partial charge on any atom is -0.478 e. The zero-order valence-corrected chi connectivity index (χ0v) is 24.7. The van der Waals surface area contributed by atoms with E-state index in [1.807, 2.05) is 6.92 Å². The van der Waals surface area contributed by atoms with E-state index in [9.17, 15) is 41.8 Å². The molecule has 3 aromatic carbocycles. The second-order valence-electron chi connectivity index (χ2n) is 10.3. The number of carbonyl (C=O) groups is 2. The number of aliphatic hydroxyl groups excluding tert-OH is 1. The predicted molar refractivity (Wildman–Crippen MR) is 156 cm³/mol. The topological polar surface area (TPSA) is 118 Å². The van der Waals surface area contributed by atoms with Crippen LogP contribution < -0.4 is 5.32 Å². The van der Waals surface area contributed by atoms with Crippen molar-refractivity contribution in [2.75, 3.05) is 11.1 Å². The number of aliphatic hydroxyl groups is 1. The van der Waals surface area contributed by atoms with Gasteiger partial charge in [-0.1, -0.05) is 43.3 Å². The first-order chi connectivity index (χ1) is 22.0. The van der Waals surface area contributed by atoms with Gasteiger partial charge in [-0.15, -0.1) is 11.8 Å². The number of hydrogen-bond donors (Lipinski definition) is 3. The smallest absolute Gasteiger partial charge is 0.338 e. The number of rotatable bonds is 9. The van der Waals surface area contributed by atoms with Crippen LogP contribution in [0, 0.1) is 35.0 Å². The maximum atomic E-state index is 14.2. The number of nitrogens with zero attached hydrogens (tertiary/aromatic N) is 1. The third-order valence-corrected chi connectivity index (χ3v) is 8.46. The van der Waals surface area contributed by atoms with E-state index in [-0.39, 0.29) is 34.6 Å². The number of halogens is 5. The van der Waals surface area contributed by atoms with Crippen molar-refractivity contribution in [3.63, 3.8) is 0 Å². The molecular weight excluding hydrogens is 635 g/mol. The summed E-state index contributed by atoms with van der Waals surface area (Å²) >= 11 is 1.18. The lowest BCUT2D eigenvalue weighted by molar-refractivity contribution is -0.268. The fourth-order valence-electron chi connectivity index (χ4n) is 4.90. The minimum absolute atomic E-state index is 0.0251. The third-order valence-electron chi connectivity index (χ3n) is 7.36. The van der Waals surface area contributed by atoms with E-state index in [0.717, 1.165) is 5.56 Å². The van der Waals surface area contributed by atoms with Crippen molar-refractivity contribution in [1.29, 1.82) is 0 Å². The lowest BCUT2D eigenvalue weighted by Gasteiger charge is -2.41. The Kier molecular flexibility index (Phi) is 10.0. The molecule has 8 nitrogen and oxygen atoms in total. The fourth-order valence-corrected chi connectivity index (χ4v) is 6.05. The lowest BCUT2D eigenvalue weighted by Crippen LogP contribution is -2.38. The summed E-state index contributed by atoms with van der Waals surface area (Å²) < 4.78 is 82.0. The molecule has 4 atom stereocenters. The molecule has 0 saturated carbocycles. The van der Waals surface area contributed by atoms with Gasteiger partial charge in [0.15, 0.2) is 29.6 Å². The van der Waals surface area contributed by atoms with Crippen LogP contribution in [0.3, 0.4) is 0 Å². The number of pyridine rings is 1. The number of carboxylic acids is 1. The first-order valence-electron chi connectivity index (χ1n) is 13.7. The van der Waals surface area contributed by atoms with E-state index in [1.54, 1.807) is 30.3 Å². The number of carboxylic acid groups (broad SMARTS) is 1. The quantitative estimate of drug-likeness (QED) is 0.0777. The maximum Gasteiger partial charge on any atom is 0.338 e. The van der Waals surface area contributed by atoms with Gasteiger partial charge in [0.2, 0.25) is 5.82 Å². The highest BCUT2D eigenvalue weighted by molar-refractivity contribution is 7.99. The predicted octanol–water partition coefficient (Wildman–Crippen LogP) is 6.80. The Hall–Kier alpha value is -4.37. The summed E-state index contributed by atoms with van der Waals surface area (Å²) in [6, 6.07) is 15.8. The average molecular weight is 661 g/mol. The molecule has 0 bridgehead atoms. The van der Waals surface area contributed by atoms with Crippen LogP contribution in [0.15, 0.2) is 71.9 Å². The minimum atomic E-state index is -2.38. The van der Waals surface area contributed by atoms with Gasteiger partial charge in [-0.25, -0.2) is 31.7 Å². The van der Waals surface area contributed by atoms with Crippen LogP contribution in [0.2, 0.25) is 0 Å². The standard InChI is InChI=1S/C32H25F5N2O6S/c1-15-21(14-46-30-20(31(42)43)6-3-11-38-30)44-32(45-28(15)17-9-7-16(13-40)8-10-17)18-4-2-5-19(12-18)39-29(41)22-23(33)25(35)27(37)26(36)24(22)34/h2-12,15,21,28,32,40H,13-14H2,1H3,(H,39,41)(H,42,43)/t15-,21+,28+,32+/m1/s1. The van der Waals surface area contributed by atoms with Crippen LogP contribution in [0.25, 0.3) is 0 Å². The number of ether oxygens (including phenoxy) is 2. The molecule has 0 radical (unpaired) electrons. The molecule has 46 heavy (non-hydrogen) atoms. The second kappa shape index (κ2) is 14.0. The third kappa shape index (κ3) is 6.75. The largest absolute Gasteiger partial charge is 0.478 e. The summed E-state index contributed by atoms with van der Waals surface area (Å²) in [5.41, 5.74) is 0.120. The molecule has 1 aromatic heterocycles. The van der Waals surface area contributed by atoms with Crippen molar-refractivity contribution in [2.24, 2.45) is 5.92 Å². The molecule has 1 saturated heterocycles. The van der Waals surface area contributed by atoms with Crippen LogP contribution in [-0.4, -0.2) is 38.9 Å². The monoisotopic (exact) mass is 660 g/mol. The molecule has 5 rings (SSSR count). The van der Waals surface area contributed by atoms with E-state index in [0.29, 0.717) is 11.1 Å². The Labute approximate surface area is 263 Å². The molecule has 2 heterocycles. The van der Waals surface area contributed by atoms with Gasteiger partial charge in [-0.3, -0.25) is 4.79 Å². The van der Waals surface area contributed by atoms with Gasteiger partial charge in [0.05, 0.1) is 24.4 Å². The highest BCUT2D eigenvalue weighted by Gasteiger charge is 2.39. The van der Waals surface area contributed by atoms with E-state index in [4.69, 9.17) is 9.47 Å². The number of nitrogens with one attached hydrogen (secondary N) is 1. The molecule has 1 aliphatic rings. The summed E-state index contributed by atoms with van der Waals surface area (Å²) in [7, 11) is 0. The highest BCUT2D eigenvalue weighted by Crippen LogP contribution is 2.43. The number of anilines is 1. The van der Waals surface area contributed by atoms with Crippen LogP contribution in [0.5, 0.6) is 0 Å². The summed E-state index contributed by atoms with van der Waals surface area (Å²) in [4.78, 5) is 28.5. The first kappa shape index (κ1) is 33.0. The number of amides is 1. The molecular formula is C32H25F5N2O6S. The normalized spacial score (nSPS) is 19.5. The van der Waals surface area contributed by atoms with Gasteiger partial charge in [0.25, 0.3) is 5.91 Å². The molecule has 1 fully saturated rings. The van der Waals surface area contributed by atoms with Gasteiger partial charge in [0, 0.05) is 29.1 Å². The molecule has 1 aliphatic heterocycles.